The average molecular weight is 302 g/mol. The summed E-state index contributed by atoms with van der Waals surface area (Å²) in [6.45, 7) is 2.92. The summed E-state index contributed by atoms with van der Waals surface area (Å²) in [6, 6.07) is 5.68. The van der Waals surface area contributed by atoms with Crippen molar-refractivity contribution < 1.29 is 13.2 Å². The van der Waals surface area contributed by atoms with Crippen LogP contribution in [0, 0.1) is 11.8 Å². The highest BCUT2D eigenvalue weighted by Crippen LogP contribution is 2.38. The van der Waals surface area contributed by atoms with E-state index in [-0.39, 0.29) is 10.8 Å². The summed E-state index contributed by atoms with van der Waals surface area (Å²) < 4.78 is 22.2. The average Bonchev–Trinajstić information content (AvgIpc) is 3.03. The van der Waals surface area contributed by atoms with Gasteiger partial charge in [-0.2, -0.15) is 0 Å². The zero-order valence-corrected chi connectivity index (χ0v) is 12.4. The number of amides is 1. The Morgan fingerprint density at radius 3 is 2.32 bits per heavy atom. The second-order valence-electron chi connectivity index (χ2n) is 5.12. The first-order chi connectivity index (χ1) is 8.79. The SMILES string of the molecule is CC1CC1CN(C)C(=O)c1ccc(S(=O)(=O)Cl)cc1. The van der Waals surface area contributed by atoms with Gasteiger partial charge in [0.25, 0.3) is 15.0 Å². The van der Waals surface area contributed by atoms with Crippen LogP contribution in [0.4, 0.5) is 0 Å². The maximum absolute atomic E-state index is 12.1. The Morgan fingerprint density at radius 1 is 1.37 bits per heavy atom. The molecule has 104 valence electrons. The summed E-state index contributed by atoms with van der Waals surface area (Å²) in [5.41, 5.74) is 0.472. The molecule has 0 aliphatic heterocycles. The summed E-state index contributed by atoms with van der Waals surface area (Å²) in [5.74, 6) is 1.19. The van der Waals surface area contributed by atoms with Gasteiger partial charge in [0, 0.05) is 29.8 Å². The molecule has 0 N–H and O–H groups in total. The molecular formula is C13H16ClNO3S. The zero-order chi connectivity index (χ0) is 14.2. The van der Waals surface area contributed by atoms with Gasteiger partial charge in [-0.25, -0.2) is 8.42 Å². The molecule has 1 aliphatic carbocycles. The number of carbonyl (C=O) groups is 1. The Labute approximate surface area is 117 Å². The number of hydrogen-bond acceptors (Lipinski definition) is 3. The van der Waals surface area contributed by atoms with Crippen molar-refractivity contribution >= 4 is 25.6 Å². The Hall–Kier alpha value is -1.07. The van der Waals surface area contributed by atoms with E-state index in [1.54, 1.807) is 11.9 Å². The summed E-state index contributed by atoms with van der Waals surface area (Å²) in [5, 5.41) is 0. The van der Waals surface area contributed by atoms with Gasteiger partial charge in [0.2, 0.25) is 0 Å². The fraction of sp³-hybridized carbons (Fsp3) is 0.462. The highest BCUT2D eigenvalue weighted by molar-refractivity contribution is 8.13. The monoisotopic (exact) mass is 301 g/mol. The Kier molecular flexibility index (Phi) is 3.87. The summed E-state index contributed by atoms with van der Waals surface area (Å²) in [7, 11) is 3.25. The minimum absolute atomic E-state index is 0.00387. The van der Waals surface area contributed by atoms with Crippen molar-refractivity contribution in [1.29, 1.82) is 0 Å². The summed E-state index contributed by atoms with van der Waals surface area (Å²) >= 11 is 0. The fourth-order valence-electron chi connectivity index (χ4n) is 2.07. The topological polar surface area (TPSA) is 54.5 Å². The molecule has 0 radical (unpaired) electrons. The standard InChI is InChI=1S/C13H16ClNO3S/c1-9-7-11(9)8-15(2)13(16)10-3-5-12(6-4-10)19(14,17)18/h3-6,9,11H,7-8H2,1-2H3. The third-order valence-electron chi connectivity index (χ3n) is 3.51. The van der Waals surface area contributed by atoms with E-state index < -0.39 is 9.05 Å². The summed E-state index contributed by atoms with van der Waals surface area (Å²) in [4.78, 5) is 13.8. The molecule has 1 aromatic rings. The van der Waals surface area contributed by atoms with Crippen molar-refractivity contribution in [2.45, 2.75) is 18.2 Å². The third-order valence-corrected chi connectivity index (χ3v) is 4.88. The number of carbonyl (C=O) groups excluding carboxylic acids is 1. The lowest BCUT2D eigenvalue weighted by Crippen LogP contribution is -2.29. The summed E-state index contributed by atoms with van der Waals surface area (Å²) in [6.07, 6.45) is 1.17. The van der Waals surface area contributed by atoms with Gasteiger partial charge in [-0.05, 0) is 42.5 Å². The second kappa shape index (κ2) is 5.13. The lowest BCUT2D eigenvalue weighted by molar-refractivity contribution is 0.0787. The second-order valence-corrected chi connectivity index (χ2v) is 7.69. The molecule has 0 heterocycles. The molecule has 0 bridgehead atoms. The van der Waals surface area contributed by atoms with Crippen LogP contribution in [0.25, 0.3) is 0 Å². The van der Waals surface area contributed by atoms with E-state index >= 15 is 0 Å². The Morgan fingerprint density at radius 2 is 1.89 bits per heavy atom. The number of rotatable bonds is 4. The van der Waals surface area contributed by atoms with Gasteiger partial charge >= 0.3 is 0 Å². The molecule has 0 saturated heterocycles. The quantitative estimate of drug-likeness (QED) is 0.802. The normalized spacial score (nSPS) is 22.1. The van der Waals surface area contributed by atoms with Crippen LogP contribution in [0.3, 0.4) is 0 Å². The van der Waals surface area contributed by atoms with Crippen LogP contribution in [0.5, 0.6) is 0 Å². The zero-order valence-electron chi connectivity index (χ0n) is 10.8. The van der Waals surface area contributed by atoms with Gasteiger partial charge in [-0.15, -0.1) is 0 Å². The van der Waals surface area contributed by atoms with Gasteiger partial charge in [0.05, 0.1) is 4.90 Å². The van der Waals surface area contributed by atoms with E-state index in [0.29, 0.717) is 17.4 Å². The van der Waals surface area contributed by atoms with Crippen LogP contribution in [-0.2, 0) is 9.05 Å². The van der Waals surface area contributed by atoms with E-state index in [2.05, 4.69) is 6.92 Å². The van der Waals surface area contributed by atoms with Crippen LogP contribution in [0.2, 0.25) is 0 Å². The first-order valence-corrected chi connectivity index (χ1v) is 8.40. The number of nitrogens with zero attached hydrogens (tertiary/aromatic N) is 1. The van der Waals surface area contributed by atoms with Gasteiger partial charge in [0.1, 0.15) is 0 Å². The highest BCUT2D eigenvalue weighted by atomic mass is 35.7. The predicted octanol–water partition coefficient (Wildman–Crippen LogP) is 2.34. The van der Waals surface area contributed by atoms with Crippen molar-refractivity contribution in [2.24, 2.45) is 11.8 Å². The first-order valence-electron chi connectivity index (χ1n) is 6.09. The minimum atomic E-state index is -3.73. The van der Waals surface area contributed by atoms with Crippen LogP contribution < -0.4 is 0 Å². The van der Waals surface area contributed by atoms with Crippen molar-refractivity contribution in [3.05, 3.63) is 29.8 Å². The first kappa shape index (κ1) is 14.3. The van der Waals surface area contributed by atoms with E-state index in [1.165, 1.54) is 30.7 Å². The van der Waals surface area contributed by atoms with Crippen LogP contribution in [0.1, 0.15) is 23.7 Å². The molecule has 2 atom stereocenters. The van der Waals surface area contributed by atoms with E-state index in [0.717, 1.165) is 6.54 Å². The Bertz CT molecular complexity index is 582. The molecule has 1 amide bonds. The van der Waals surface area contributed by atoms with Gasteiger partial charge in [-0.1, -0.05) is 6.92 Å². The van der Waals surface area contributed by atoms with E-state index in [4.69, 9.17) is 10.7 Å². The molecule has 4 nitrogen and oxygen atoms in total. The fourth-order valence-corrected chi connectivity index (χ4v) is 2.84. The number of benzene rings is 1. The molecule has 1 saturated carbocycles. The van der Waals surface area contributed by atoms with Crippen molar-refractivity contribution in [2.75, 3.05) is 13.6 Å². The molecular weight excluding hydrogens is 286 g/mol. The molecule has 1 aromatic carbocycles. The molecule has 2 rings (SSSR count). The smallest absolute Gasteiger partial charge is 0.261 e. The Balaban J connectivity index is 2.07. The van der Waals surface area contributed by atoms with Gasteiger partial charge in [0.15, 0.2) is 0 Å². The third kappa shape index (κ3) is 3.48. The van der Waals surface area contributed by atoms with Crippen LogP contribution in [-0.4, -0.2) is 32.8 Å². The molecule has 1 fully saturated rings. The van der Waals surface area contributed by atoms with Crippen LogP contribution in [0.15, 0.2) is 29.2 Å². The minimum Gasteiger partial charge on any atom is -0.341 e. The maximum Gasteiger partial charge on any atom is 0.261 e. The van der Waals surface area contributed by atoms with E-state index in [1.807, 2.05) is 0 Å². The molecule has 19 heavy (non-hydrogen) atoms. The lowest BCUT2D eigenvalue weighted by atomic mass is 10.2. The molecule has 2 unspecified atom stereocenters. The lowest BCUT2D eigenvalue weighted by Gasteiger charge is -2.17. The van der Waals surface area contributed by atoms with Crippen molar-refractivity contribution in [3.63, 3.8) is 0 Å². The molecule has 1 aliphatic rings. The highest BCUT2D eigenvalue weighted by Gasteiger charge is 2.34. The van der Waals surface area contributed by atoms with Crippen molar-refractivity contribution in [1.82, 2.24) is 4.90 Å². The molecule has 0 aromatic heterocycles. The largest absolute Gasteiger partial charge is 0.341 e. The number of halogens is 1. The van der Waals surface area contributed by atoms with Gasteiger partial charge in [-0.3, -0.25) is 4.79 Å². The van der Waals surface area contributed by atoms with Crippen molar-refractivity contribution in [3.8, 4) is 0 Å². The van der Waals surface area contributed by atoms with E-state index in [9.17, 15) is 13.2 Å². The predicted molar refractivity (Wildman–Crippen MR) is 73.7 cm³/mol. The molecule has 0 spiro atoms. The van der Waals surface area contributed by atoms with Gasteiger partial charge < -0.3 is 4.90 Å². The maximum atomic E-state index is 12.1. The van der Waals surface area contributed by atoms with Crippen LogP contribution >= 0.6 is 10.7 Å². The number of hydrogen-bond donors (Lipinski definition) is 0. The molecule has 6 heteroatoms.